The van der Waals surface area contributed by atoms with E-state index in [1.54, 1.807) is 16.9 Å². The molecule has 0 heterocycles. The molecule has 0 aliphatic heterocycles. The maximum absolute atomic E-state index is 2.23. The van der Waals surface area contributed by atoms with Crippen LogP contribution in [0.15, 0.2) is 30.3 Å². The van der Waals surface area contributed by atoms with E-state index >= 15 is 0 Å². The Morgan fingerprint density at radius 1 is 1.22 bits per heavy atom. The van der Waals surface area contributed by atoms with Gasteiger partial charge in [0.15, 0.2) is 0 Å². The Morgan fingerprint density at radius 3 is 2.11 bits per heavy atom. The van der Waals surface area contributed by atoms with Crippen molar-refractivity contribution in [2.24, 2.45) is 0 Å². The molecule has 1 heteroatoms. The van der Waals surface area contributed by atoms with E-state index in [0.29, 0.717) is 0 Å². The minimum absolute atomic E-state index is 0.721. The molecule has 2 atom stereocenters. The molecular formula is C8H11As. The van der Waals surface area contributed by atoms with Gasteiger partial charge < -0.3 is 0 Å². The minimum atomic E-state index is 0.721. The summed E-state index contributed by atoms with van der Waals surface area (Å²) in [5.41, 5.74) is 1.44. The summed E-state index contributed by atoms with van der Waals surface area (Å²) in [6.07, 6.45) is 0. The molecule has 0 saturated heterocycles. The first-order valence-electron chi connectivity index (χ1n) is 3.11. The van der Waals surface area contributed by atoms with Gasteiger partial charge in [-0.05, 0) is 0 Å². The molecule has 1 rings (SSSR count). The van der Waals surface area contributed by atoms with Crippen molar-refractivity contribution in [3.05, 3.63) is 35.9 Å². The van der Waals surface area contributed by atoms with Crippen LogP contribution >= 0.6 is 0 Å². The first kappa shape index (κ1) is 6.89. The fraction of sp³-hybridized carbons (Fsp3) is 0.250. The molecule has 1 unspecified atom stereocenters. The molecule has 0 aliphatic rings. The summed E-state index contributed by atoms with van der Waals surface area (Å²) in [5.74, 6) is 0. The topological polar surface area (TPSA) is 0 Å². The number of hydrogen-bond acceptors (Lipinski definition) is 0. The Morgan fingerprint density at radius 2 is 1.78 bits per heavy atom. The summed E-state index contributed by atoms with van der Waals surface area (Å²) >= 11 is 1.78. The van der Waals surface area contributed by atoms with E-state index in [2.05, 4.69) is 37.3 Å². The van der Waals surface area contributed by atoms with E-state index in [-0.39, 0.29) is 0 Å². The molecule has 0 nitrogen and oxygen atoms in total. The molecule has 0 aromatic heterocycles. The molecule has 0 amide bonds. The van der Waals surface area contributed by atoms with Gasteiger partial charge in [0.2, 0.25) is 0 Å². The van der Waals surface area contributed by atoms with Crippen molar-refractivity contribution in [1.29, 1.82) is 0 Å². The van der Waals surface area contributed by atoms with Gasteiger partial charge in [0.05, 0.1) is 0 Å². The Labute approximate surface area is 64.8 Å². The molecule has 0 N–H and O–H groups in total. The second-order valence-corrected chi connectivity index (χ2v) is 4.30. The normalized spacial score (nSPS) is 13.1. The summed E-state index contributed by atoms with van der Waals surface area (Å²) < 4.78 is 0.721. The van der Waals surface area contributed by atoms with Crippen molar-refractivity contribution < 1.29 is 0 Å². The Bertz CT molecular complexity index is 167. The molecule has 0 radical (unpaired) electrons. The van der Waals surface area contributed by atoms with Crippen molar-refractivity contribution in [1.82, 2.24) is 0 Å². The van der Waals surface area contributed by atoms with Crippen LogP contribution in [0.1, 0.15) is 17.2 Å². The molecule has 0 fully saturated rings. The van der Waals surface area contributed by atoms with Gasteiger partial charge in [0.25, 0.3) is 0 Å². The van der Waals surface area contributed by atoms with Gasteiger partial charge in [0.1, 0.15) is 0 Å². The van der Waals surface area contributed by atoms with Gasteiger partial charge >= 0.3 is 64.4 Å². The van der Waals surface area contributed by atoms with Crippen LogP contribution < -0.4 is 0 Å². The van der Waals surface area contributed by atoms with E-state index in [0.717, 1.165) is 4.71 Å². The van der Waals surface area contributed by atoms with Crippen molar-refractivity contribution in [2.75, 3.05) is 0 Å². The van der Waals surface area contributed by atoms with Crippen LogP contribution in [0.2, 0.25) is 0 Å². The molecule has 0 spiro atoms. The van der Waals surface area contributed by atoms with Crippen molar-refractivity contribution in [3.63, 3.8) is 0 Å². The molecule has 0 bridgehead atoms. The second-order valence-electron chi connectivity index (χ2n) is 2.20. The summed E-state index contributed by atoms with van der Waals surface area (Å²) in [7, 11) is 0. The van der Waals surface area contributed by atoms with E-state index in [4.69, 9.17) is 0 Å². The van der Waals surface area contributed by atoms with E-state index in [1.165, 1.54) is 5.56 Å². The fourth-order valence-corrected chi connectivity index (χ4v) is 1.22. The van der Waals surface area contributed by atoms with E-state index in [1.807, 2.05) is 0 Å². The van der Waals surface area contributed by atoms with Gasteiger partial charge in [-0.15, -0.1) is 0 Å². The molecule has 0 saturated carbocycles. The van der Waals surface area contributed by atoms with Gasteiger partial charge in [0, 0.05) is 0 Å². The Balaban J connectivity index is 2.85. The van der Waals surface area contributed by atoms with Gasteiger partial charge in [-0.25, -0.2) is 0 Å². The summed E-state index contributed by atoms with van der Waals surface area (Å²) in [6, 6.07) is 10.6. The van der Waals surface area contributed by atoms with Gasteiger partial charge in [-0.3, -0.25) is 0 Å². The zero-order valence-corrected chi connectivity index (χ0v) is 7.96. The zero-order chi connectivity index (χ0) is 6.69. The average Bonchev–Trinajstić information content (AvgIpc) is 1.90. The standard InChI is InChI=1S/C8H11As/c1-7(9)8-5-3-2-4-6-8/h2-7H,9H2,1H3/t7-/m1/s1. The van der Waals surface area contributed by atoms with Crippen LogP contribution in [0.4, 0.5) is 0 Å². The van der Waals surface area contributed by atoms with Crippen LogP contribution in [0.3, 0.4) is 0 Å². The fourth-order valence-electron chi connectivity index (χ4n) is 0.757. The first-order chi connectivity index (χ1) is 4.30. The van der Waals surface area contributed by atoms with Crippen LogP contribution in [0.25, 0.3) is 0 Å². The third-order valence-corrected chi connectivity index (χ3v) is 2.13. The average molecular weight is 182 g/mol. The third kappa shape index (κ3) is 1.87. The van der Waals surface area contributed by atoms with Crippen LogP contribution in [-0.4, -0.2) is 16.9 Å². The summed E-state index contributed by atoms with van der Waals surface area (Å²) in [5, 5.41) is 0. The molecular weight excluding hydrogens is 171 g/mol. The predicted molar refractivity (Wildman–Crippen MR) is 43.4 cm³/mol. The number of rotatable bonds is 1. The van der Waals surface area contributed by atoms with Crippen molar-refractivity contribution >= 4 is 16.9 Å². The predicted octanol–water partition coefficient (Wildman–Crippen LogP) is 1.38. The van der Waals surface area contributed by atoms with Crippen LogP contribution in [0, 0.1) is 0 Å². The summed E-state index contributed by atoms with van der Waals surface area (Å²) in [6.45, 7) is 2.23. The number of benzene rings is 1. The molecule has 0 aliphatic carbocycles. The molecule has 1 aromatic rings. The van der Waals surface area contributed by atoms with E-state index in [9.17, 15) is 0 Å². The Hall–Kier alpha value is -0.222. The SMILES string of the molecule is C[C@@H]([AsH2])c1ccccc1. The third-order valence-electron chi connectivity index (χ3n) is 1.33. The van der Waals surface area contributed by atoms with Crippen molar-refractivity contribution in [2.45, 2.75) is 11.6 Å². The van der Waals surface area contributed by atoms with Gasteiger partial charge in [-0.2, -0.15) is 0 Å². The summed E-state index contributed by atoms with van der Waals surface area (Å²) in [4.78, 5) is 0. The van der Waals surface area contributed by atoms with Crippen LogP contribution in [0.5, 0.6) is 0 Å². The van der Waals surface area contributed by atoms with Gasteiger partial charge in [-0.1, -0.05) is 0 Å². The maximum atomic E-state index is 2.23. The zero-order valence-electron chi connectivity index (χ0n) is 5.54. The second kappa shape index (κ2) is 3.08. The number of hydrogen-bond donors (Lipinski definition) is 0. The van der Waals surface area contributed by atoms with E-state index < -0.39 is 0 Å². The van der Waals surface area contributed by atoms with Crippen LogP contribution in [-0.2, 0) is 0 Å². The monoisotopic (exact) mass is 182 g/mol. The molecule has 1 aromatic carbocycles. The Kier molecular flexibility index (Phi) is 2.36. The quantitative estimate of drug-likeness (QED) is 0.575. The molecule has 48 valence electrons. The molecule has 9 heavy (non-hydrogen) atoms. The first-order valence-corrected chi connectivity index (χ1v) is 4.51. The van der Waals surface area contributed by atoms with Crippen molar-refractivity contribution in [3.8, 4) is 0 Å².